The van der Waals surface area contributed by atoms with Crippen molar-refractivity contribution in [1.29, 1.82) is 0 Å². The molecule has 3 heterocycles. The molecule has 1 aromatic rings. The van der Waals surface area contributed by atoms with Gasteiger partial charge in [-0.25, -0.2) is 9.59 Å². The van der Waals surface area contributed by atoms with Crippen LogP contribution in [0.25, 0.3) is 0 Å². The molecule has 2 saturated heterocycles. The van der Waals surface area contributed by atoms with Crippen molar-refractivity contribution in [3.05, 3.63) is 83.5 Å². The first-order valence-electron chi connectivity index (χ1n) is 28.0. The number of piperidine rings is 1. The Bertz CT molecular complexity index is 2250. The maximum absolute atomic E-state index is 14.6. The number of esters is 1. The van der Waals surface area contributed by atoms with Gasteiger partial charge in [0.05, 0.1) is 31.5 Å². The molecule has 428 valence electrons. The zero-order valence-corrected chi connectivity index (χ0v) is 46.7. The molecule has 0 aromatic heterocycles. The van der Waals surface area contributed by atoms with Crippen molar-refractivity contribution in [3.8, 4) is 0 Å². The van der Waals surface area contributed by atoms with Crippen LogP contribution in [0.2, 0.25) is 0 Å². The molecule has 0 unspecified atom stereocenters. The normalized spacial score (nSPS) is 35.8. The number of allylic oxidation sites excluding steroid dienone is 6. The Morgan fingerprint density at radius 3 is 2.35 bits per heavy atom. The lowest BCUT2D eigenvalue weighted by Gasteiger charge is -2.43. The van der Waals surface area contributed by atoms with Crippen LogP contribution >= 0.6 is 0 Å². The molecule has 17 nitrogen and oxygen atoms in total. The number of amides is 2. The number of alkyl carbamates (subject to hydrolysis) is 1. The first-order chi connectivity index (χ1) is 36.7. The average Bonchev–Trinajstić information content (AvgIpc) is 3.41. The minimum absolute atomic E-state index is 0.0199. The second-order valence-electron chi connectivity index (χ2n) is 22.3. The van der Waals surface area contributed by atoms with Crippen LogP contribution < -0.4 is 5.32 Å². The van der Waals surface area contributed by atoms with Gasteiger partial charge in [0.15, 0.2) is 5.78 Å². The summed E-state index contributed by atoms with van der Waals surface area (Å²) in [7, 11) is 1.36. The highest BCUT2D eigenvalue weighted by molar-refractivity contribution is 6.39. The number of nitrogens with one attached hydrogen (secondary N) is 1. The van der Waals surface area contributed by atoms with Crippen molar-refractivity contribution in [2.75, 3.05) is 33.4 Å². The van der Waals surface area contributed by atoms with E-state index < -0.39 is 102 Å². The van der Waals surface area contributed by atoms with E-state index in [4.69, 9.17) is 23.7 Å². The van der Waals surface area contributed by atoms with Crippen LogP contribution in [0.1, 0.15) is 131 Å². The highest BCUT2D eigenvalue weighted by atomic mass is 16.6. The third-order valence-corrected chi connectivity index (χ3v) is 16.1. The number of aliphatic hydroxyl groups is 4. The molecule has 0 spiro atoms. The summed E-state index contributed by atoms with van der Waals surface area (Å²) in [6.07, 6.45) is 8.37. The summed E-state index contributed by atoms with van der Waals surface area (Å²) in [4.78, 5) is 85.3. The maximum atomic E-state index is 14.6. The fourth-order valence-electron chi connectivity index (χ4n) is 11.3. The van der Waals surface area contributed by atoms with Gasteiger partial charge >= 0.3 is 12.1 Å². The SMILES string of the molecule is CO[C@H]1C(=O)[C@H](C)C[C@H](C)/C=C/C=C/C=C(\C)[C@@H](OCCO)C[C@@H]2CC[C@@H](C)[C@@](O)(O2)C(=O)C(=O)N2CCCC[C@H]2C(=O)O[C@H]([C@H](C)C[C@@H]2CC[C@@H](OC(=O)NCCc3ccccc3)[C@H](O)C2)CC(=O)[C@H](C)/C=C(\C)[C@H]1O. The number of Topliss-reactive ketones (excluding diaryl/α,β-unsaturated/α-hetero) is 3. The van der Waals surface area contributed by atoms with Gasteiger partial charge in [0, 0.05) is 50.8 Å². The van der Waals surface area contributed by atoms with Crippen molar-refractivity contribution < 1.29 is 72.9 Å². The van der Waals surface area contributed by atoms with Gasteiger partial charge in [-0.2, -0.15) is 0 Å². The van der Waals surface area contributed by atoms with Gasteiger partial charge in [0.1, 0.15) is 36.2 Å². The zero-order valence-electron chi connectivity index (χ0n) is 46.7. The lowest BCUT2D eigenvalue weighted by atomic mass is 9.78. The van der Waals surface area contributed by atoms with Crippen LogP contribution in [-0.2, 0) is 54.1 Å². The number of carbonyl (C=O) groups excluding carboxylic acids is 6. The van der Waals surface area contributed by atoms with Crippen LogP contribution in [0, 0.1) is 35.5 Å². The smallest absolute Gasteiger partial charge is 0.407 e. The van der Waals surface area contributed by atoms with Gasteiger partial charge in [-0.05, 0) is 119 Å². The van der Waals surface area contributed by atoms with E-state index in [0.717, 1.165) is 16.0 Å². The van der Waals surface area contributed by atoms with E-state index in [9.17, 15) is 49.2 Å². The molecule has 5 N–H and O–H groups in total. The van der Waals surface area contributed by atoms with Gasteiger partial charge in [-0.3, -0.25) is 19.2 Å². The predicted octanol–water partition coefficient (Wildman–Crippen LogP) is 6.87. The summed E-state index contributed by atoms with van der Waals surface area (Å²) in [5.74, 6) is -8.92. The van der Waals surface area contributed by atoms with Crippen molar-refractivity contribution in [3.63, 3.8) is 0 Å². The summed E-state index contributed by atoms with van der Waals surface area (Å²) in [6, 6.07) is 8.48. The number of hydrogen-bond donors (Lipinski definition) is 5. The number of ether oxygens (including phenoxy) is 5. The molecule has 1 aromatic carbocycles. The number of benzene rings is 1. The van der Waals surface area contributed by atoms with Crippen LogP contribution in [-0.4, -0.2) is 149 Å². The van der Waals surface area contributed by atoms with E-state index in [-0.39, 0.29) is 68.8 Å². The van der Waals surface area contributed by atoms with Crippen LogP contribution in [0.4, 0.5) is 4.79 Å². The molecule has 17 heteroatoms. The van der Waals surface area contributed by atoms with E-state index in [1.165, 1.54) is 7.11 Å². The average molecular weight is 1080 g/mol. The number of cyclic esters (lactones) is 1. The Balaban J connectivity index is 1.41. The van der Waals surface area contributed by atoms with E-state index >= 15 is 0 Å². The van der Waals surface area contributed by atoms with E-state index in [1.54, 1.807) is 33.8 Å². The fourth-order valence-corrected chi connectivity index (χ4v) is 11.3. The maximum Gasteiger partial charge on any atom is 0.407 e. The number of methoxy groups -OCH3 is 1. The molecule has 2 amide bonds. The van der Waals surface area contributed by atoms with Crippen molar-refractivity contribution in [2.24, 2.45) is 35.5 Å². The first kappa shape index (κ1) is 63.0. The van der Waals surface area contributed by atoms with Crippen molar-refractivity contribution in [1.82, 2.24) is 10.2 Å². The molecular weight excluding hydrogens is 989 g/mol. The van der Waals surface area contributed by atoms with Crippen LogP contribution in [0.5, 0.6) is 0 Å². The van der Waals surface area contributed by atoms with Gasteiger partial charge in [-0.15, -0.1) is 0 Å². The quantitative estimate of drug-likeness (QED) is 0.0863. The second kappa shape index (κ2) is 30.5. The number of ketones is 3. The monoisotopic (exact) mass is 1080 g/mol. The fraction of sp³-hybridized carbons (Fsp3) is 0.667. The van der Waals surface area contributed by atoms with E-state index in [0.29, 0.717) is 69.9 Å². The molecule has 77 heavy (non-hydrogen) atoms. The summed E-state index contributed by atoms with van der Waals surface area (Å²) in [5, 5.41) is 47.3. The number of fused-ring (bicyclic) bond motifs is 3. The number of nitrogens with zero attached hydrogens (tertiary/aromatic N) is 1. The van der Waals surface area contributed by atoms with Gasteiger partial charge in [0.2, 0.25) is 5.79 Å². The molecule has 2 bridgehead atoms. The van der Waals surface area contributed by atoms with Crippen molar-refractivity contribution in [2.45, 2.75) is 186 Å². The molecule has 15 atom stereocenters. The predicted molar refractivity (Wildman–Crippen MR) is 289 cm³/mol. The molecule has 0 radical (unpaired) electrons. The summed E-state index contributed by atoms with van der Waals surface area (Å²) in [5.41, 5.74) is 2.19. The Kier molecular flexibility index (Phi) is 24.9. The van der Waals surface area contributed by atoms with Gasteiger partial charge in [0.25, 0.3) is 11.7 Å². The largest absolute Gasteiger partial charge is 0.460 e. The first-order valence-corrected chi connectivity index (χ1v) is 28.0. The number of rotatable bonds is 11. The Labute approximate surface area is 455 Å². The molecule has 4 aliphatic rings. The molecule has 3 fully saturated rings. The minimum atomic E-state index is -2.51. The van der Waals surface area contributed by atoms with Crippen LogP contribution in [0.3, 0.4) is 0 Å². The van der Waals surface area contributed by atoms with Crippen LogP contribution in [0.15, 0.2) is 77.9 Å². The number of hydrogen-bond acceptors (Lipinski definition) is 15. The standard InChI is InChI=1S/C60H88N2O15/c1-37-17-11-9-12-18-38(2)51(74-30-29-63)35-46-24-22-43(7)60(72,77-46)56(68)57(69)62-28-16-15-21-47(62)58(70)75-52(36-48(64)39(3)32-42(6)54(67)55(73-8)53(66)41(5)31-37)40(4)33-45-23-25-50(49(65)34-45)76-59(71)61-27-26-44-19-13-10-14-20-44/h9-14,17-20,32,37,39-41,43,45-47,49-52,54-55,63,65,67,72H,15-16,21-31,33-36H2,1-8H3,(H,61,71)/b12-9+,17-11+,38-18+,42-32+/t37-,39-,40-,41-,43-,45+,46+,47+,49-,50-,51+,52+,54-,55+,60-/m1/s1. The molecule has 1 aliphatic carbocycles. The van der Waals surface area contributed by atoms with Gasteiger partial charge in [-0.1, -0.05) is 101 Å². The summed E-state index contributed by atoms with van der Waals surface area (Å²) >= 11 is 0. The Morgan fingerprint density at radius 1 is 0.909 bits per heavy atom. The number of carbonyl (C=O) groups is 6. The third kappa shape index (κ3) is 18.1. The zero-order chi connectivity index (χ0) is 56.4. The topological polar surface area (TPSA) is 245 Å². The Morgan fingerprint density at radius 2 is 1.65 bits per heavy atom. The Hall–Kier alpha value is -4.88. The number of aliphatic hydroxyl groups excluding tert-OH is 3. The summed E-state index contributed by atoms with van der Waals surface area (Å²) < 4.78 is 29.8. The molecular formula is C60H88N2O15. The highest BCUT2D eigenvalue weighted by Gasteiger charge is 2.53. The third-order valence-electron chi connectivity index (χ3n) is 16.1. The molecule has 3 aliphatic heterocycles. The van der Waals surface area contributed by atoms with Crippen molar-refractivity contribution >= 4 is 35.3 Å². The molecule has 1 saturated carbocycles. The second-order valence-corrected chi connectivity index (χ2v) is 22.3. The molecule has 5 rings (SSSR count). The van der Waals surface area contributed by atoms with E-state index in [2.05, 4.69) is 5.32 Å². The lowest BCUT2D eigenvalue weighted by Crippen LogP contribution is -2.61. The minimum Gasteiger partial charge on any atom is -0.460 e. The summed E-state index contributed by atoms with van der Waals surface area (Å²) in [6.45, 7) is 12.6. The van der Waals surface area contributed by atoms with E-state index in [1.807, 2.05) is 81.5 Å². The van der Waals surface area contributed by atoms with Gasteiger partial charge < -0.3 is 54.3 Å². The highest BCUT2D eigenvalue weighted by Crippen LogP contribution is 2.38. The lowest BCUT2D eigenvalue weighted by molar-refractivity contribution is -0.266.